The van der Waals surface area contributed by atoms with Crippen molar-refractivity contribution in [1.82, 2.24) is 30.5 Å². The molecule has 0 radical (unpaired) electrons. The van der Waals surface area contributed by atoms with E-state index in [0.29, 0.717) is 52.4 Å². The molecule has 0 amide bonds. The molecule has 0 spiro atoms. The largest absolute Gasteiger partial charge is 0.478 e. The van der Waals surface area contributed by atoms with Crippen LogP contribution in [0.3, 0.4) is 0 Å². The Hall–Kier alpha value is -4.06. The van der Waals surface area contributed by atoms with Gasteiger partial charge < -0.3 is 20.4 Å². The predicted octanol–water partition coefficient (Wildman–Crippen LogP) is 5.01. The Bertz CT molecular complexity index is 1490. The SMILES string of the molecule is CCN(CC)C(C)NN(c1cc(C(=O)O)c2c(C(=O)O)c(N(NC(C)N(CC)CC)C(C)N(CC)CC)cc(C(=O)O)c2c1C(=O)O)C(C)N(CC)CC. The lowest BCUT2D eigenvalue weighted by atomic mass is 9.88. The van der Waals surface area contributed by atoms with Gasteiger partial charge in [0.2, 0.25) is 0 Å². The summed E-state index contributed by atoms with van der Waals surface area (Å²) in [4.78, 5) is 61.9. The minimum Gasteiger partial charge on any atom is -0.478 e. The van der Waals surface area contributed by atoms with Crippen LogP contribution in [0.1, 0.15) is 125 Å². The molecule has 0 bridgehead atoms. The first-order chi connectivity index (χ1) is 25.5. The van der Waals surface area contributed by atoms with Crippen LogP contribution in [0.25, 0.3) is 10.8 Å². The molecule has 0 saturated heterocycles. The number of nitrogens with one attached hydrogen (secondary N) is 2. The van der Waals surface area contributed by atoms with Gasteiger partial charge in [0.1, 0.15) is 0 Å². The van der Waals surface area contributed by atoms with Gasteiger partial charge in [-0.15, -0.1) is 0 Å². The van der Waals surface area contributed by atoms with Gasteiger partial charge in [-0.25, -0.2) is 30.0 Å². The molecule has 0 aliphatic rings. The van der Waals surface area contributed by atoms with Gasteiger partial charge >= 0.3 is 23.9 Å². The summed E-state index contributed by atoms with van der Waals surface area (Å²) in [6, 6.07) is 2.31. The zero-order valence-electron chi connectivity index (χ0n) is 34.2. The Labute approximate surface area is 320 Å². The molecule has 0 aliphatic carbocycles. The quantitative estimate of drug-likeness (QED) is 0.0618. The van der Waals surface area contributed by atoms with Gasteiger partial charge in [0.05, 0.1) is 58.3 Å². The Kier molecular flexibility index (Phi) is 17.6. The normalized spacial score (nSPS) is 14.1. The van der Waals surface area contributed by atoms with Crippen molar-refractivity contribution in [3.05, 3.63) is 34.4 Å². The molecule has 2 aromatic carbocycles. The number of rotatable bonds is 24. The molecule has 2 rings (SSSR count). The summed E-state index contributed by atoms with van der Waals surface area (Å²) < 4.78 is 0. The van der Waals surface area contributed by atoms with Crippen molar-refractivity contribution in [2.45, 2.75) is 108 Å². The monoisotopic (exact) mass is 760 g/mol. The number of hydrogen-bond acceptors (Lipinski definition) is 12. The second-order valence-electron chi connectivity index (χ2n) is 13.1. The van der Waals surface area contributed by atoms with Crippen LogP contribution >= 0.6 is 0 Å². The topological polar surface area (TPSA) is 193 Å². The van der Waals surface area contributed by atoms with Crippen LogP contribution < -0.4 is 20.9 Å². The first kappa shape index (κ1) is 46.1. The molecule has 16 nitrogen and oxygen atoms in total. The molecule has 4 atom stereocenters. The highest BCUT2D eigenvalue weighted by Gasteiger charge is 2.37. The molecule has 6 N–H and O–H groups in total. The third kappa shape index (κ3) is 9.78. The van der Waals surface area contributed by atoms with Crippen molar-refractivity contribution in [3.63, 3.8) is 0 Å². The maximum atomic E-state index is 13.5. The van der Waals surface area contributed by atoms with Crippen LogP contribution in [0.15, 0.2) is 12.1 Å². The van der Waals surface area contributed by atoms with E-state index in [4.69, 9.17) is 0 Å². The molecule has 2 aromatic rings. The van der Waals surface area contributed by atoms with Crippen molar-refractivity contribution >= 4 is 46.0 Å². The van der Waals surface area contributed by atoms with Crippen LogP contribution in [-0.2, 0) is 0 Å². The van der Waals surface area contributed by atoms with Crippen LogP contribution in [0.2, 0.25) is 0 Å². The molecule has 0 fully saturated rings. The van der Waals surface area contributed by atoms with Crippen molar-refractivity contribution in [1.29, 1.82) is 0 Å². The van der Waals surface area contributed by atoms with E-state index in [1.54, 1.807) is 10.0 Å². The molecule has 304 valence electrons. The summed E-state index contributed by atoms with van der Waals surface area (Å²) in [5.41, 5.74) is 4.37. The van der Waals surface area contributed by atoms with Crippen molar-refractivity contribution < 1.29 is 39.6 Å². The summed E-state index contributed by atoms with van der Waals surface area (Å²) in [7, 11) is 0. The Balaban J connectivity index is 3.39. The Morgan fingerprint density at radius 3 is 0.944 bits per heavy atom. The fourth-order valence-corrected chi connectivity index (χ4v) is 7.45. The number of nitrogens with zero attached hydrogens (tertiary/aromatic N) is 6. The number of aromatic carboxylic acids is 4. The lowest BCUT2D eigenvalue weighted by Crippen LogP contribution is -2.59. The molecule has 0 aromatic heterocycles. The molecule has 54 heavy (non-hydrogen) atoms. The summed E-state index contributed by atoms with van der Waals surface area (Å²) >= 11 is 0. The number of hydrazine groups is 2. The first-order valence-electron chi connectivity index (χ1n) is 19.1. The zero-order valence-corrected chi connectivity index (χ0v) is 34.2. The Morgan fingerprint density at radius 1 is 0.481 bits per heavy atom. The van der Waals surface area contributed by atoms with Crippen LogP contribution in [0.4, 0.5) is 11.4 Å². The number of anilines is 2. The fourth-order valence-electron chi connectivity index (χ4n) is 7.45. The minimum absolute atomic E-state index is 0.112. The van der Waals surface area contributed by atoms with E-state index in [9.17, 15) is 39.6 Å². The van der Waals surface area contributed by atoms with E-state index < -0.39 is 69.2 Å². The van der Waals surface area contributed by atoms with Gasteiger partial charge in [0.15, 0.2) is 0 Å². The number of benzene rings is 2. The number of carbonyl (C=O) groups is 4. The number of carboxylic acid groups (broad SMARTS) is 4. The minimum atomic E-state index is -1.55. The summed E-state index contributed by atoms with van der Waals surface area (Å²) in [5, 5.41) is 45.8. The predicted molar refractivity (Wildman–Crippen MR) is 213 cm³/mol. The smallest absolute Gasteiger partial charge is 0.338 e. The van der Waals surface area contributed by atoms with Crippen LogP contribution in [0, 0.1) is 0 Å². The van der Waals surface area contributed by atoms with E-state index >= 15 is 0 Å². The highest BCUT2D eigenvalue weighted by atomic mass is 16.4. The molecule has 16 heteroatoms. The van der Waals surface area contributed by atoms with E-state index in [-0.39, 0.29) is 23.7 Å². The standard InChI is InChI=1S/C38H64N8O8/c1-13-41(14-2)23(9)39-45(25(11)43(17-5)18-6)29-21-27(35(47)48)32-31(33(29)37(51)52)28(36(49)50)22-30(34(32)38(53)54)46(26(12)44(19-7)20-8)40-24(10)42(15-3)16-4/h21-26,39-40H,13-20H2,1-12H3,(H,47,48)(H,49,50)(H,51,52)(H,53,54). The molecule has 0 heterocycles. The summed E-state index contributed by atoms with van der Waals surface area (Å²) in [6.07, 6.45) is -1.85. The van der Waals surface area contributed by atoms with E-state index in [1.807, 2.05) is 92.9 Å². The number of carboxylic acids is 4. The van der Waals surface area contributed by atoms with E-state index in [1.165, 1.54) is 0 Å². The summed E-state index contributed by atoms with van der Waals surface area (Å²) in [6.45, 7) is 28.0. The highest BCUT2D eigenvalue weighted by Crippen LogP contribution is 2.41. The van der Waals surface area contributed by atoms with Gasteiger partial charge in [0, 0.05) is 10.8 Å². The third-order valence-corrected chi connectivity index (χ3v) is 10.6. The Morgan fingerprint density at radius 2 is 0.741 bits per heavy atom. The average molecular weight is 761 g/mol. The molecular formula is C38H64N8O8. The zero-order chi connectivity index (χ0) is 41.2. The van der Waals surface area contributed by atoms with Crippen LogP contribution in [-0.4, -0.2) is 141 Å². The summed E-state index contributed by atoms with van der Waals surface area (Å²) in [5.74, 6) is -6.19. The molecule has 4 unspecified atom stereocenters. The first-order valence-corrected chi connectivity index (χ1v) is 19.1. The third-order valence-electron chi connectivity index (χ3n) is 10.6. The van der Waals surface area contributed by atoms with Gasteiger partial charge in [0.25, 0.3) is 0 Å². The second-order valence-corrected chi connectivity index (χ2v) is 13.1. The fraction of sp³-hybridized carbons (Fsp3) is 0.632. The van der Waals surface area contributed by atoms with Crippen molar-refractivity contribution in [2.24, 2.45) is 0 Å². The van der Waals surface area contributed by atoms with Gasteiger partial charge in [-0.1, -0.05) is 55.4 Å². The lowest BCUT2D eigenvalue weighted by Gasteiger charge is -2.43. The lowest BCUT2D eigenvalue weighted by molar-refractivity contribution is 0.0674. The molecular weight excluding hydrogens is 696 g/mol. The van der Waals surface area contributed by atoms with Gasteiger partial charge in [-0.05, 0) is 92.2 Å². The number of hydrogen-bond donors (Lipinski definition) is 6. The maximum absolute atomic E-state index is 13.5. The number of fused-ring (bicyclic) bond motifs is 1. The van der Waals surface area contributed by atoms with Crippen molar-refractivity contribution in [2.75, 3.05) is 62.4 Å². The maximum Gasteiger partial charge on any atom is 0.338 e. The average Bonchev–Trinajstić information content (AvgIpc) is 3.12. The van der Waals surface area contributed by atoms with E-state index in [2.05, 4.69) is 20.7 Å². The second kappa shape index (κ2) is 20.6. The van der Waals surface area contributed by atoms with Crippen molar-refractivity contribution in [3.8, 4) is 0 Å². The van der Waals surface area contributed by atoms with Gasteiger partial charge in [-0.3, -0.25) is 29.6 Å². The van der Waals surface area contributed by atoms with Crippen LogP contribution in [0.5, 0.6) is 0 Å². The highest BCUT2D eigenvalue weighted by molar-refractivity contribution is 6.26. The van der Waals surface area contributed by atoms with E-state index in [0.717, 1.165) is 12.1 Å². The van der Waals surface area contributed by atoms with Gasteiger partial charge in [-0.2, -0.15) is 0 Å². The molecule has 0 saturated carbocycles. The molecule has 0 aliphatic heterocycles.